The third-order valence-corrected chi connectivity index (χ3v) is 6.06. The third-order valence-electron chi connectivity index (χ3n) is 4.14. The summed E-state index contributed by atoms with van der Waals surface area (Å²) in [6.45, 7) is 1.82. The highest BCUT2D eigenvalue weighted by atomic mass is 32.2. The van der Waals surface area contributed by atoms with Crippen LogP contribution in [0.4, 0.5) is 5.69 Å². The minimum absolute atomic E-state index is 0.0946. The molecule has 2 heterocycles. The fourth-order valence-corrected chi connectivity index (χ4v) is 4.77. The smallest absolute Gasteiger partial charge is 0.312 e. The molecule has 1 aromatic rings. The molecule has 0 amide bonds. The van der Waals surface area contributed by atoms with Gasteiger partial charge in [0.05, 0.1) is 9.82 Å². The molecule has 2 aliphatic heterocycles. The highest BCUT2D eigenvalue weighted by molar-refractivity contribution is 7.89. The van der Waals surface area contributed by atoms with Gasteiger partial charge in [-0.15, -0.1) is 0 Å². The number of nitrogens with zero attached hydrogens (tertiary/aromatic N) is 2. The van der Waals surface area contributed by atoms with Crippen LogP contribution in [0.25, 0.3) is 0 Å². The van der Waals surface area contributed by atoms with Crippen molar-refractivity contribution in [1.29, 1.82) is 0 Å². The molecule has 0 saturated carbocycles. The number of hydrogen-bond acceptors (Lipinski definition) is 6. The van der Waals surface area contributed by atoms with Gasteiger partial charge in [0.2, 0.25) is 10.0 Å². The highest BCUT2D eigenvalue weighted by Gasteiger charge is 2.44. The highest BCUT2D eigenvalue weighted by Crippen LogP contribution is 2.35. The summed E-state index contributed by atoms with van der Waals surface area (Å²) in [5.74, 6) is -0.243. The number of rotatable bonds is 3. The Hall–Kier alpha value is -1.71. The van der Waals surface area contributed by atoms with Gasteiger partial charge in [-0.1, -0.05) is 0 Å². The summed E-state index contributed by atoms with van der Waals surface area (Å²) in [5, 5.41) is 23.4. The summed E-state index contributed by atoms with van der Waals surface area (Å²) in [6.07, 6.45) is 0.789. The molecule has 3 rings (SSSR count). The van der Waals surface area contributed by atoms with Crippen LogP contribution in [0.3, 0.4) is 0 Å². The van der Waals surface area contributed by atoms with Crippen molar-refractivity contribution in [2.24, 2.45) is 5.92 Å². The van der Waals surface area contributed by atoms with Crippen LogP contribution in [0, 0.1) is 16.0 Å². The fraction of sp³-hybridized carbons (Fsp3) is 0.500. The molecular weight excluding hydrogens is 298 g/mol. The van der Waals surface area contributed by atoms with Gasteiger partial charge >= 0.3 is 5.69 Å². The summed E-state index contributed by atoms with van der Waals surface area (Å²) in [4.78, 5) is 9.89. The standard InChI is InChI=1S/C12H15N3O5S/c16-12-2-1-9(5-10(12)15(17)18)21(19,20)14-4-3-8-6-13-7-11(8)14/h1-2,5,8,11,13,16H,3-4,6-7H2/t8-,11+/m0/s1. The lowest BCUT2D eigenvalue weighted by Gasteiger charge is -2.22. The number of nitro groups is 1. The van der Waals surface area contributed by atoms with E-state index in [1.807, 2.05) is 0 Å². The Labute approximate surface area is 121 Å². The van der Waals surface area contributed by atoms with Gasteiger partial charge in [-0.2, -0.15) is 4.31 Å². The average molecular weight is 313 g/mol. The topological polar surface area (TPSA) is 113 Å². The van der Waals surface area contributed by atoms with Gasteiger partial charge in [0.1, 0.15) is 0 Å². The maximum absolute atomic E-state index is 12.7. The average Bonchev–Trinajstić information content (AvgIpc) is 3.00. The van der Waals surface area contributed by atoms with Crippen LogP contribution in [0.2, 0.25) is 0 Å². The van der Waals surface area contributed by atoms with E-state index in [0.717, 1.165) is 25.1 Å². The van der Waals surface area contributed by atoms with Crippen LogP contribution in [0.1, 0.15) is 6.42 Å². The van der Waals surface area contributed by atoms with Crippen molar-refractivity contribution in [3.8, 4) is 5.75 Å². The second-order valence-electron chi connectivity index (χ2n) is 5.30. The maximum atomic E-state index is 12.7. The lowest BCUT2D eigenvalue weighted by atomic mass is 10.1. The lowest BCUT2D eigenvalue weighted by Crippen LogP contribution is -2.39. The van der Waals surface area contributed by atoms with Crippen LogP contribution in [-0.4, -0.2) is 48.4 Å². The SMILES string of the molecule is O=[N+]([O-])c1cc(S(=O)(=O)N2CC[C@H]3CNC[C@H]32)ccc1O. The minimum Gasteiger partial charge on any atom is -0.502 e. The Balaban J connectivity index is 1.99. The Morgan fingerprint density at radius 3 is 2.86 bits per heavy atom. The van der Waals surface area contributed by atoms with Gasteiger partial charge in [0, 0.05) is 25.2 Å². The van der Waals surface area contributed by atoms with Crippen molar-refractivity contribution in [3.05, 3.63) is 28.3 Å². The van der Waals surface area contributed by atoms with Gasteiger partial charge in [-0.25, -0.2) is 8.42 Å². The molecule has 1 aromatic carbocycles. The second kappa shape index (κ2) is 4.93. The van der Waals surface area contributed by atoms with Crippen molar-refractivity contribution in [3.63, 3.8) is 0 Å². The molecule has 2 aliphatic rings. The molecule has 2 saturated heterocycles. The van der Waals surface area contributed by atoms with Crippen molar-refractivity contribution >= 4 is 15.7 Å². The molecule has 0 aromatic heterocycles. The number of nitrogens with one attached hydrogen (secondary N) is 1. The zero-order valence-electron chi connectivity index (χ0n) is 11.1. The van der Waals surface area contributed by atoms with E-state index in [0.29, 0.717) is 19.0 Å². The quantitative estimate of drug-likeness (QED) is 0.612. The molecule has 0 aliphatic carbocycles. The fourth-order valence-electron chi connectivity index (χ4n) is 3.05. The molecule has 2 fully saturated rings. The molecule has 114 valence electrons. The molecule has 8 nitrogen and oxygen atoms in total. The molecule has 0 unspecified atom stereocenters. The molecule has 2 atom stereocenters. The zero-order valence-corrected chi connectivity index (χ0v) is 11.9. The predicted molar refractivity (Wildman–Crippen MR) is 73.4 cm³/mol. The van der Waals surface area contributed by atoms with Gasteiger partial charge in [-0.05, 0) is 31.0 Å². The Morgan fingerprint density at radius 2 is 2.14 bits per heavy atom. The Kier molecular flexibility index (Phi) is 3.34. The Bertz CT molecular complexity index is 690. The van der Waals surface area contributed by atoms with E-state index >= 15 is 0 Å². The number of aromatic hydroxyl groups is 1. The lowest BCUT2D eigenvalue weighted by molar-refractivity contribution is -0.386. The van der Waals surface area contributed by atoms with Gasteiger partial charge in [0.15, 0.2) is 5.75 Å². The molecule has 9 heteroatoms. The van der Waals surface area contributed by atoms with Gasteiger partial charge < -0.3 is 10.4 Å². The summed E-state index contributed by atoms with van der Waals surface area (Å²) >= 11 is 0. The zero-order chi connectivity index (χ0) is 15.2. The number of phenolic OH excluding ortho intramolecular Hbond substituents is 1. The summed E-state index contributed by atoms with van der Waals surface area (Å²) in [6, 6.07) is 3.07. The van der Waals surface area contributed by atoms with E-state index in [2.05, 4.69) is 5.32 Å². The van der Waals surface area contributed by atoms with Crippen LogP contribution in [0.5, 0.6) is 5.75 Å². The monoisotopic (exact) mass is 313 g/mol. The van der Waals surface area contributed by atoms with E-state index in [9.17, 15) is 23.6 Å². The van der Waals surface area contributed by atoms with Crippen molar-refractivity contribution < 1.29 is 18.4 Å². The van der Waals surface area contributed by atoms with E-state index in [1.54, 1.807) is 0 Å². The Morgan fingerprint density at radius 1 is 1.38 bits per heavy atom. The van der Waals surface area contributed by atoms with Crippen LogP contribution in [0.15, 0.2) is 23.1 Å². The first-order valence-corrected chi connectivity index (χ1v) is 8.05. The number of benzene rings is 1. The van der Waals surface area contributed by atoms with E-state index < -0.39 is 26.4 Å². The van der Waals surface area contributed by atoms with Gasteiger partial charge in [-0.3, -0.25) is 10.1 Å². The summed E-state index contributed by atoms with van der Waals surface area (Å²) in [7, 11) is -3.79. The molecule has 2 N–H and O–H groups in total. The normalized spacial score (nSPS) is 25.9. The predicted octanol–water partition coefficient (Wildman–Crippen LogP) is 0.283. The minimum atomic E-state index is -3.79. The van der Waals surface area contributed by atoms with Crippen LogP contribution >= 0.6 is 0 Å². The summed E-state index contributed by atoms with van der Waals surface area (Å²) in [5.41, 5.74) is -0.601. The van der Waals surface area contributed by atoms with E-state index in [1.165, 1.54) is 10.4 Å². The number of phenols is 1. The number of fused-ring (bicyclic) bond motifs is 1. The first kappa shape index (κ1) is 14.2. The van der Waals surface area contributed by atoms with Gasteiger partial charge in [0.25, 0.3) is 0 Å². The number of hydrogen-bond donors (Lipinski definition) is 2. The number of nitro benzene ring substituents is 1. The third kappa shape index (κ3) is 2.27. The molecular formula is C12H15N3O5S. The van der Waals surface area contributed by atoms with Crippen molar-refractivity contribution in [1.82, 2.24) is 9.62 Å². The molecule has 0 bridgehead atoms. The molecule has 0 spiro atoms. The number of sulfonamides is 1. The van der Waals surface area contributed by atoms with E-state index in [-0.39, 0.29) is 10.9 Å². The second-order valence-corrected chi connectivity index (χ2v) is 7.19. The van der Waals surface area contributed by atoms with Crippen LogP contribution < -0.4 is 5.32 Å². The summed E-state index contributed by atoms with van der Waals surface area (Å²) < 4.78 is 26.7. The van der Waals surface area contributed by atoms with E-state index in [4.69, 9.17) is 0 Å². The maximum Gasteiger partial charge on any atom is 0.312 e. The molecule has 0 radical (unpaired) electrons. The van der Waals surface area contributed by atoms with Crippen molar-refractivity contribution in [2.45, 2.75) is 17.4 Å². The van der Waals surface area contributed by atoms with Crippen molar-refractivity contribution in [2.75, 3.05) is 19.6 Å². The van der Waals surface area contributed by atoms with Crippen LogP contribution in [-0.2, 0) is 10.0 Å². The first-order chi connectivity index (χ1) is 9.91. The first-order valence-electron chi connectivity index (χ1n) is 6.61. The molecule has 21 heavy (non-hydrogen) atoms. The largest absolute Gasteiger partial charge is 0.502 e.